The monoisotopic (exact) mass is 380 g/mol. The first-order valence-electron chi connectivity index (χ1n) is 8.07. The molecule has 0 unspecified atom stereocenters. The molecule has 27 heavy (non-hydrogen) atoms. The summed E-state index contributed by atoms with van der Waals surface area (Å²) in [5.74, 6) is -0.748. The predicted octanol–water partition coefficient (Wildman–Crippen LogP) is 2.47. The van der Waals surface area contributed by atoms with Crippen LogP contribution in [0.4, 0.5) is 13.2 Å². The number of hydrogen-bond donors (Lipinski definition) is 2. The molecule has 1 atom stereocenters. The number of carbonyl (C=O) groups is 2. The van der Waals surface area contributed by atoms with Crippen LogP contribution in [-0.2, 0) is 28.6 Å². The van der Waals surface area contributed by atoms with Gasteiger partial charge in [0.1, 0.15) is 11.8 Å². The van der Waals surface area contributed by atoms with E-state index in [4.69, 9.17) is 10.5 Å². The Morgan fingerprint density at radius 1 is 1.11 bits per heavy atom. The van der Waals surface area contributed by atoms with Gasteiger partial charge < -0.3 is 15.8 Å². The molecule has 0 aliphatic heterocycles. The molecule has 2 rings (SSSR count). The molecule has 0 heterocycles. The van der Waals surface area contributed by atoms with Crippen LogP contribution >= 0.6 is 0 Å². The SMILES string of the molecule is COc1cccc(C[C@@H](NC(=O)Cc2cccc(C(F)(F)F)c2)C(N)=O)c1. The summed E-state index contributed by atoms with van der Waals surface area (Å²) >= 11 is 0. The van der Waals surface area contributed by atoms with Crippen LogP contribution in [0.5, 0.6) is 5.75 Å². The zero-order valence-corrected chi connectivity index (χ0v) is 14.5. The van der Waals surface area contributed by atoms with Gasteiger partial charge >= 0.3 is 6.18 Å². The quantitative estimate of drug-likeness (QED) is 0.774. The molecule has 0 bridgehead atoms. The van der Waals surface area contributed by atoms with Gasteiger partial charge in [0, 0.05) is 6.42 Å². The molecule has 0 spiro atoms. The second-order valence-electron chi connectivity index (χ2n) is 5.95. The molecule has 0 aliphatic rings. The van der Waals surface area contributed by atoms with Crippen molar-refractivity contribution in [3.05, 3.63) is 65.2 Å². The lowest BCUT2D eigenvalue weighted by Crippen LogP contribution is -2.46. The van der Waals surface area contributed by atoms with Crippen LogP contribution in [0, 0.1) is 0 Å². The zero-order chi connectivity index (χ0) is 20.0. The number of carbonyl (C=O) groups excluding carboxylic acids is 2. The summed E-state index contributed by atoms with van der Waals surface area (Å²) in [7, 11) is 1.50. The van der Waals surface area contributed by atoms with Crippen molar-refractivity contribution in [1.82, 2.24) is 5.32 Å². The largest absolute Gasteiger partial charge is 0.497 e. The minimum absolute atomic E-state index is 0.140. The van der Waals surface area contributed by atoms with Crippen LogP contribution in [0.15, 0.2) is 48.5 Å². The first-order valence-corrected chi connectivity index (χ1v) is 8.07. The van der Waals surface area contributed by atoms with E-state index in [1.807, 2.05) is 0 Å². The highest BCUT2D eigenvalue weighted by molar-refractivity contribution is 5.87. The van der Waals surface area contributed by atoms with E-state index in [1.165, 1.54) is 19.2 Å². The molecule has 2 aromatic rings. The van der Waals surface area contributed by atoms with E-state index < -0.39 is 29.6 Å². The average molecular weight is 380 g/mol. The molecule has 2 amide bonds. The minimum Gasteiger partial charge on any atom is -0.497 e. The van der Waals surface area contributed by atoms with E-state index >= 15 is 0 Å². The van der Waals surface area contributed by atoms with Gasteiger partial charge in [0.2, 0.25) is 11.8 Å². The summed E-state index contributed by atoms with van der Waals surface area (Å²) < 4.78 is 43.4. The van der Waals surface area contributed by atoms with Crippen LogP contribution < -0.4 is 15.8 Å². The number of amides is 2. The molecule has 0 aromatic heterocycles. The van der Waals surface area contributed by atoms with E-state index in [9.17, 15) is 22.8 Å². The van der Waals surface area contributed by atoms with Gasteiger partial charge in [-0.05, 0) is 29.3 Å². The standard InChI is InChI=1S/C19H19F3N2O3/c1-27-15-7-3-5-13(9-15)10-16(18(23)26)24-17(25)11-12-4-2-6-14(8-12)19(20,21)22/h2-9,16H,10-11H2,1H3,(H2,23,26)(H,24,25)/t16-/m1/s1. The van der Waals surface area contributed by atoms with Crippen LogP contribution in [-0.4, -0.2) is 25.0 Å². The Bertz CT molecular complexity index is 822. The van der Waals surface area contributed by atoms with E-state index in [0.717, 1.165) is 17.7 Å². The van der Waals surface area contributed by atoms with Gasteiger partial charge in [-0.25, -0.2) is 0 Å². The zero-order valence-electron chi connectivity index (χ0n) is 14.5. The topological polar surface area (TPSA) is 81.4 Å². The Morgan fingerprint density at radius 2 is 1.78 bits per heavy atom. The fourth-order valence-electron chi connectivity index (χ4n) is 2.55. The first kappa shape index (κ1) is 20.3. The summed E-state index contributed by atoms with van der Waals surface area (Å²) in [5, 5.41) is 2.47. The van der Waals surface area contributed by atoms with Crippen molar-refractivity contribution in [2.24, 2.45) is 5.73 Å². The average Bonchev–Trinajstić information content (AvgIpc) is 2.60. The van der Waals surface area contributed by atoms with E-state index in [1.54, 1.807) is 24.3 Å². The summed E-state index contributed by atoms with van der Waals surface area (Å²) in [6, 6.07) is 10.4. The maximum absolute atomic E-state index is 12.8. The molecule has 8 heteroatoms. The maximum atomic E-state index is 12.8. The Hall–Kier alpha value is -3.03. The Labute approximate surface area is 154 Å². The van der Waals surface area contributed by atoms with Crippen molar-refractivity contribution in [3.63, 3.8) is 0 Å². The summed E-state index contributed by atoms with van der Waals surface area (Å²) in [6.07, 6.45) is -4.65. The summed E-state index contributed by atoms with van der Waals surface area (Å²) in [6.45, 7) is 0. The molecular formula is C19H19F3N2O3. The van der Waals surface area contributed by atoms with E-state index in [-0.39, 0.29) is 18.4 Å². The van der Waals surface area contributed by atoms with Crippen LogP contribution in [0.2, 0.25) is 0 Å². The number of ether oxygens (including phenoxy) is 1. The van der Waals surface area contributed by atoms with Gasteiger partial charge in [0.05, 0.1) is 19.1 Å². The molecule has 0 saturated heterocycles. The maximum Gasteiger partial charge on any atom is 0.416 e. The Balaban J connectivity index is 2.06. The molecule has 0 aliphatic carbocycles. The van der Waals surface area contributed by atoms with Crippen molar-refractivity contribution in [1.29, 1.82) is 0 Å². The lowest BCUT2D eigenvalue weighted by atomic mass is 10.0. The highest BCUT2D eigenvalue weighted by atomic mass is 19.4. The second-order valence-corrected chi connectivity index (χ2v) is 5.95. The number of alkyl halides is 3. The first-order chi connectivity index (χ1) is 12.7. The van der Waals surface area contributed by atoms with Gasteiger partial charge in [0.15, 0.2) is 0 Å². The van der Waals surface area contributed by atoms with Gasteiger partial charge in [-0.1, -0.05) is 30.3 Å². The van der Waals surface area contributed by atoms with Crippen molar-refractivity contribution in [3.8, 4) is 5.75 Å². The van der Waals surface area contributed by atoms with Gasteiger partial charge in [0.25, 0.3) is 0 Å². The lowest BCUT2D eigenvalue weighted by molar-refractivity contribution is -0.137. The predicted molar refractivity (Wildman–Crippen MR) is 93.0 cm³/mol. The van der Waals surface area contributed by atoms with Crippen molar-refractivity contribution >= 4 is 11.8 Å². The molecule has 3 N–H and O–H groups in total. The smallest absolute Gasteiger partial charge is 0.416 e. The van der Waals surface area contributed by atoms with Crippen molar-refractivity contribution < 1.29 is 27.5 Å². The van der Waals surface area contributed by atoms with Gasteiger partial charge in [-0.3, -0.25) is 9.59 Å². The minimum atomic E-state index is -4.49. The number of methoxy groups -OCH3 is 1. The number of halogens is 3. The third-order valence-corrected chi connectivity index (χ3v) is 3.87. The molecular weight excluding hydrogens is 361 g/mol. The van der Waals surface area contributed by atoms with Gasteiger partial charge in [-0.2, -0.15) is 13.2 Å². The number of hydrogen-bond acceptors (Lipinski definition) is 3. The molecule has 0 fully saturated rings. The highest BCUT2D eigenvalue weighted by Crippen LogP contribution is 2.29. The van der Waals surface area contributed by atoms with Gasteiger partial charge in [-0.15, -0.1) is 0 Å². The third-order valence-electron chi connectivity index (χ3n) is 3.87. The van der Waals surface area contributed by atoms with Crippen LogP contribution in [0.3, 0.4) is 0 Å². The van der Waals surface area contributed by atoms with Crippen LogP contribution in [0.1, 0.15) is 16.7 Å². The van der Waals surface area contributed by atoms with Crippen molar-refractivity contribution in [2.45, 2.75) is 25.1 Å². The number of primary amides is 1. The molecule has 2 aromatic carbocycles. The van der Waals surface area contributed by atoms with Crippen LogP contribution in [0.25, 0.3) is 0 Å². The highest BCUT2D eigenvalue weighted by Gasteiger charge is 2.30. The fourth-order valence-corrected chi connectivity index (χ4v) is 2.55. The molecule has 144 valence electrons. The van der Waals surface area contributed by atoms with E-state index in [2.05, 4.69) is 5.32 Å². The van der Waals surface area contributed by atoms with E-state index in [0.29, 0.717) is 5.75 Å². The van der Waals surface area contributed by atoms with Crippen molar-refractivity contribution in [2.75, 3.05) is 7.11 Å². The number of nitrogens with one attached hydrogen (secondary N) is 1. The lowest BCUT2D eigenvalue weighted by Gasteiger charge is -2.16. The molecule has 5 nitrogen and oxygen atoms in total. The Kier molecular flexibility index (Phi) is 6.44. The molecule has 0 saturated carbocycles. The third kappa shape index (κ3) is 6.02. The number of benzene rings is 2. The normalized spacial score (nSPS) is 12.3. The summed E-state index contributed by atoms with van der Waals surface area (Å²) in [5.41, 5.74) is 5.41. The Morgan fingerprint density at radius 3 is 2.41 bits per heavy atom. The molecule has 0 radical (unpaired) electrons. The number of nitrogens with two attached hydrogens (primary N) is 1. The number of rotatable bonds is 7. The second kappa shape index (κ2) is 8.57. The summed E-state index contributed by atoms with van der Waals surface area (Å²) in [4.78, 5) is 23.8. The fraction of sp³-hybridized carbons (Fsp3) is 0.263.